The Morgan fingerprint density at radius 3 is 2.67 bits per heavy atom. The molecule has 0 radical (unpaired) electrons. The van der Waals surface area contributed by atoms with Gasteiger partial charge in [0.1, 0.15) is 17.5 Å². The number of fused-ring (bicyclic) bond motifs is 2. The second kappa shape index (κ2) is 6.52. The number of phenolic OH excluding ortho intramolecular Hbond substituents is 2. The van der Waals surface area contributed by atoms with Gasteiger partial charge in [-0.15, -0.1) is 0 Å². The first-order valence-corrected chi connectivity index (χ1v) is 9.62. The van der Waals surface area contributed by atoms with E-state index in [2.05, 4.69) is 25.1 Å². The Morgan fingerprint density at radius 1 is 1.15 bits per heavy atom. The summed E-state index contributed by atoms with van der Waals surface area (Å²) in [4.78, 5) is 9.71. The van der Waals surface area contributed by atoms with E-state index in [1.807, 2.05) is 20.8 Å². The van der Waals surface area contributed by atoms with Gasteiger partial charge in [0, 0.05) is 35.0 Å². The van der Waals surface area contributed by atoms with Crippen molar-refractivity contribution in [1.29, 1.82) is 0 Å². The van der Waals surface area contributed by atoms with E-state index in [0.29, 0.717) is 6.42 Å². The summed E-state index contributed by atoms with van der Waals surface area (Å²) < 4.78 is 0. The topological polar surface area (TPSA) is 65.2 Å². The smallest absolute Gasteiger partial charge is 0.123 e. The molecular formula is C23H26N2O2. The number of aromatic hydroxyl groups is 2. The lowest BCUT2D eigenvalue weighted by Gasteiger charge is -2.23. The maximum absolute atomic E-state index is 10.8. The average molecular weight is 362 g/mol. The van der Waals surface area contributed by atoms with Gasteiger partial charge in [-0.25, -0.2) is 0 Å². The van der Waals surface area contributed by atoms with Crippen LogP contribution in [0.4, 0.5) is 0 Å². The number of phenols is 2. The Bertz CT molecular complexity index is 1080. The molecule has 1 unspecified atom stereocenters. The van der Waals surface area contributed by atoms with Crippen molar-refractivity contribution < 1.29 is 10.2 Å². The number of benzene rings is 2. The van der Waals surface area contributed by atoms with Gasteiger partial charge in [0.05, 0.1) is 5.36 Å². The fourth-order valence-electron chi connectivity index (χ4n) is 4.16. The zero-order valence-corrected chi connectivity index (χ0v) is 16.4. The van der Waals surface area contributed by atoms with Crippen LogP contribution < -0.4 is 10.6 Å². The van der Waals surface area contributed by atoms with Crippen LogP contribution in [0, 0.1) is 13.8 Å². The van der Waals surface area contributed by atoms with Gasteiger partial charge in [-0.3, -0.25) is 9.98 Å². The molecule has 2 N–H and O–H groups in total. The van der Waals surface area contributed by atoms with Crippen molar-refractivity contribution in [2.45, 2.75) is 52.5 Å². The predicted octanol–water partition coefficient (Wildman–Crippen LogP) is 3.08. The highest BCUT2D eigenvalue weighted by Crippen LogP contribution is 2.37. The summed E-state index contributed by atoms with van der Waals surface area (Å²) in [5.74, 6) is 0.643. The molecule has 0 aromatic heterocycles. The van der Waals surface area contributed by atoms with Crippen molar-refractivity contribution >= 4 is 11.3 Å². The van der Waals surface area contributed by atoms with E-state index in [4.69, 9.17) is 9.98 Å². The van der Waals surface area contributed by atoms with Crippen LogP contribution in [0.2, 0.25) is 0 Å². The summed E-state index contributed by atoms with van der Waals surface area (Å²) >= 11 is 0. The molecule has 2 aromatic rings. The minimum Gasteiger partial charge on any atom is -0.508 e. The molecule has 4 rings (SSSR count). The molecule has 2 heterocycles. The lowest BCUT2D eigenvalue weighted by molar-refractivity contribution is 0.443. The second-order valence-electron chi connectivity index (χ2n) is 7.97. The Balaban J connectivity index is 1.78. The summed E-state index contributed by atoms with van der Waals surface area (Å²) in [6.45, 7) is 8.72. The maximum atomic E-state index is 10.8. The first kappa shape index (κ1) is 17.8. The number of hydrogen-bond acceptors (Lipinski definition) is 4. The van der Waals surface area contributed by atoms with Crippen molar-refractivity contribution in [1.82, 2.24) is 0 Å². The highest BCUT2D eigenvalue weighted by atomic mass is 16.3. The van der Waals surface area contributed by atoms with Gasteiger partial charge in [-0.05, 0) is 55.0 Å². The van der Waals surface area contributed by atoms with Gasteiger partial charge in [0.15, 0.2) is 0 Å². The normalized spacial score (nSPS) is 18.2. The molecule has 27 heavy (non-hydrogen) atoms. The van der Waals surface area contributed by atoms with Crippen LogP contribution >= 0.6 is 0 Å². The molecule has 2 aliphatic rings. The monoisotopic (exact) mass is 362 g/mol. The van der Waals surface area contributed by atoms with E-state index in [-0.39, 0.29) is 23.5 Å². The van der Waals surface area contributed by atoms with Gasteiger partial charge < -0.3 is 10.2 Å². The van der Waals surface area contributed by atoms with E-state index in [1.165, 1.54) is 16.4 Å². The number of aryl methyl sites for hydroxylation is 1. The van der Waals surface area contributed by atoms with Crippen LogP contribution in [0.3, 0.4) is 0 Å². The molecule has 0 fully saturated rings. The molecule has 2 aromatic carbocycles. The van der Waals surface area contributed by atoms with Crippen molar-refractivity contribution in [2.24, 2.45) is 9.98 Å². The lowest BCUT2D eigenvalue weighted by atomic mass is 9.88. The molecular weight excluding hydrogens is 336 g/mol. The minimum atomic E-state index is -0.0424. The van der Waals surface area contributed by atoms with Crippen molar-refractivity contribution in [3.8, 4) is 11.5 Å². The first-order valence-electron chi connectivity index (χ1n) is 9.62. The molecule has 0 aliphatic carbocycles. The van der Waals surface area contributed by atoms with E-state index < -0.39 is 0 Å². The molecule has 0 saturated heterocycles. The maximum Gasteiger partial charge on any atom is 0.123 e. The third-order valence-corrected chi connectivity index (χ3v) is 5.78. The van der Waals surface area contributed by atoms with Gasteiger partial charge in [0.25, 0.3) is 0 Å². The Morgan fingerprint density at radius 2 is 1.93 bits per heavy atom. The molecule has 140 valence electrons. The van der Waals surface area contributed by atoms with Gasteiger partial charge in [0.2, 0.25) is 0 Å². The van der Waals surface area contributed by atoms with E-state index >= 15 is 0 Å². The van der Waals surface area contributed by atoms with Crippen LogP contribution in [0.5, 0.6) is 11.5 Å². The van der Waals surface area contributed by atoms with E-state index in [9.17, 15) is 10.2 Å². The van der Waals surface area contributed by atoms with Gasteiger partial charge >= 0.3 is 0 Å². The Kier molecular flexibility index (Phi) is 4.29. The van der Waals surface area contributed by atoms with Gasteiger partial charge in [-0.2, -0.15) is 0 Å². The fraction of sp³-hybridized carbons (Fsp3) is 0.391. The summed E-state index contributed by atoms with van der Waals surface area (Å²) in [5.41, 5.74) is 5.77. The third kappa shape index (κ3) is 2.93. The highest BCUT2D eigenvalue weighted by molar-refractivity contribution is 6.01. The van der Waals surface area contributed by atoms with Crippen molar-refractivity contribution in [3.05, 3.63) is 57.1 Å². The quantitative estimate of drug-likeness (QED) is 0.824. The Labute approximate surface area is 159 Å². The fourth-order valence-corrected chi connectivity index (χ4v) is 4.16. The predicted molar refractivity (Wildman–Crippen MR) is 108 cm³/mol. The standard InChI is InChI=1S/C23H26N2O2/c1-12(2)17-11-21(26)14(4)18(23(17)27)10-20-22-16(7-8-24-20)15-6-5-13(3)9-19(15)25-22/h5-6,9,11-12,22,26-27H,7-8,10H2,1-4H3. The van der Waals surface area contributed by atoms with Crippen LogP contribution in [0.15, 0.2) is 34.3 Å². The molecule has 2 aliphatic heterocycles. The van der Waals surface area contributed by atoms with Gasteiger partial charge in [-0.1, -0.05) is 26.0 Å². The summed E-state index contributed by atoms with van der Waals surface area (Å²) in [6, 6.07) is 8.07. The summed E-state index contributed by atoms with van der Waals surface area (Å²) in [5, 5.41) is 23.5. The van der Waals surface area contributed by atoms with Crippen LogP contribution in [0.1, 0.15) is 48.4 Å². The average Bonchev–Trinajstić information content (AvgIpc) is 2.99. The first-order chi connectivity index (χ1) is 12.9. The zero-order chi connectivity index (χ0) is 19.3. The molecule has 4 heteroatoms. The number of rotatable bonds is 3. The van der Waals surface area contributed by atoms with Crippen molar-refractivity contribution in [2.75, 3.05) is 6.54 Å². The van der Waals surface area contributed by atoms with Crippen LogP contribution in [-0.4, -0.2) is 28.5 Å². The molecule has 0 spiro atoms. The minimum absolute atomic E-state index is 0.0424. The van der Waals surface area contributed by atoms with Crippen LogP contribution in [0.25, 0.3) is 5.57 Å². The SMILES string of the molecule is Cc1ccc2c(c1)=NC1C(Cc3c(C)c(O)cc(C(C)C)c3O)=NCCC=21. The summed E-state index contributed by atoms with van der Waals surface area (Å²) in [7, 11) is 0. The second-order valence-corrected chi connectivity index (χ2v) is 7.97. The lowest BCUT2D eigenvalue weighted by Crippen LogP contribution is -2.28. The number of nitrogens with zero attached hydrogens (tertiary/aromatic N) is 2. The number of hydrogen-bond donors (Lipinski definition) is 2. The third-order valence-electron chi connectivity index (χ3n) is 5.78. The van der Waals surface area contributed by atoms with E-state index in [1.54, 1.807) is 6.07 Å². The summed E-state index contributed by atoms with van der Waals surface area (Å²) in [6.07, 6.45) is 1.44. The molecule has 0 saturated carbocycles. The Hall–Kier alpha value is -2.62. The molecule has 0 bridgehead atoms. The van der Waals surface area contributed by atoms with E-state index in [0.717, 1.165) is 40.7 Å². The molecule has 1 atom stereocenters. The highest BCUT2D eigenvalue weighted by Gasteiger charge is 2.29. The number of aliphatic imine (C=N–C) groups is 1. The largest absolute Gasteiger partial charge is 0.508 e. The molecule has 4 nitrogen and oxygen atoms in total. The van der Waals surface area contributed by atoms with Crippen molar-refractivity contribution in [3.63, 3.8) is 0 Å². The molecule has 0 amide bonds. The zero-order valence-electron chi connectivity index (χ0n) is 16.4. The van der Waals surface area contributed by atoms with Crippen LogP contribution in [-0.2, 0) is 6.42 Å².